The SMILES string of the molecule is CN(C)C(=O)CNC(=O)C1(N)CCOC1. The summed E-state index contributed by atoms with van der Waals surface area (Å²) in [4.78, 5) is 24.2. The summed E-state index contributed by atoms with van der Waals surface area (Å²) in [7, 11) is 3.26. The van der Waals surface area contributed by atoms with Gasteiger partial charge in [-0.2, -0.15) is 0 Å². The molecule has 1 aliphatic heterocycles. The molecule has 86 valence electrons. The van der Waals surface area contributed by atoms with Gasteiger partial charge >= 0.3 is 0 Å². The fraction of sp³-hybridized carbons (Fsp3) is 0.778. The van der Waals surface area contributed by atoms with E-state index < -0.39 is 5.54 Å². The molecule has 15 heavy (non-hydrogen) atoms. The van der Waals surface area contributed by atoms with E-state index in [0.717, 1.165) is 0 Å². The monoisotopic (exact) mass is 215 g/mol. The number of rotatable bonds is 3. The smallest absolute Gasteiger partial charge is 0.243 e. The number of carbonyl (C=O) groups is 2. The zero-order valence-electron chi connectivity index (χ0n) is 9.08. The van der Waals surface area contributed by atoms with Crippen LogP contribution in [-0.2, 0) is 14.3 Å². The molecule has 0 bridgehead atoms. The Balaban J connectivity index is 2.39. The molecule has 1 rings (SSSR count). The van der Waals surface area contributed by atoms with Gasteiger partial charge in [0.15, 0.2) is 0 Å². The summed E-state index contributed by atoms with van der Waals surface area (Å²) in [5.74, 6) is -0.485. The molecule has 1 atom stereocenters. The average molecular weight is 215 g/mol. The minimum absolute atomic E-state index is 0.0230. The number of nitrogens with one attached hydrogen (secondary N) is 1. The maximum Gasteiger partial charge on any atom is 0.243 e. The lowest BCUT2D eigenvalue weighted by atomic mass is 9.99. The van der Waals surface area contributed by atoms with Crippen molar-refractivity contribution in [3.63, 3.8) is 0 Å². The van der Waals surface area contributed by atoms with Crippen molar-refractivity contribution in [3.05, 3.63) is 0 Å². The maximum atomic E-state index is 11.6. The van der Waals surface area contributed by atoms with Crippen LogP contribution in [0.5, 0.6) is 0 Å². The second-order valence-corrected chi connectivity index (χ2v) is 3.93. The van der Waals surface area contributed by atoms with Gasteiger partial charge in [0.1, 0.15) is 5.54 Å². The lowest BCUT2D eigenvalue weighted by Crippen LogP contribution is -2.55. The highest BCUT2D eigenvalue weighted by Crippen LogP contribution is 2.14. The van der Waals surface area contributed by atoms with E-state index in [1.165, 1.54) is 4.90 Å². The second-order valence-electron chi connectivity index (χ2n) is 3.93. The zero-order chi connectivity index (χ0) is 11.5. The van der Waals surface area contributed by atoms with Crippen LogP contribution in [0.15, 0.2) is 0 Å². The molecule has 1 saturated heterocycles. The third-order valence-corrected chi connectivity index (χ3v) is 2.40. The van der Waals surface area contributed by atoms with Gasteiger partial charge in [0.2, 0.25) is 11.8 Å². The Labute approximate surface area is 88.7 Å². The van der Waals surface area contributed by atoms with E-state index >= 15 is 0 Å². The van der Waals surface area contributed by atoms with Gasteiger partial charge in [0, 0.05) is 20.7 Å². The largest absolute Gasteiger partial charge is 0.379 e. The Morgan fingerprint density at radius 3 is 2.67 bits per heavy atom. The molecular weight excluding hydrogens is 198 g/mol. The number of nitrogens with zero attached hydrogens (tertiary/aromatic N) is 1. The van der Waals surface area contributed by atoms with Crippen LogP contribution in [0.1, 0.15) is 6.42 Å². The molecule has 0 aromatic heterocycles. The van der Waals surface area contributed by atoms with Crippen LogP contribution >= 0.6 is 0 Å². The van der Waals surface area contributed by atoms with Gasteiger partial charge in [-0.15, -0.1) is 0 Å². The van der Waals surface area contributed by atoms with E-state index in [9.17, 15) is 9.59 Å². The van der Waals surface area contributed by atoms with Gasteiger partial charge < -0.3 is 20.7 Å². The number of ether oxygens (including phenoxy) is 1. The van der Waals surface area contributed by atoms with Gasteiger partial charge in [-0.25, -0.2) is 0 Å². The van der Waals surface area contributed by atoms with Crippen LogP contribution in [0.4, 0.5) is 0 Å². The van der Waals surface area contributed by atoms with Crippen molar-refractivity contribution >= 4 is 11.8 Å². The van der Waals surface area contributed by atoms with E-state index in [-0.39, 0.29) is 25.0 Å². The van der Waals surface area contributed by atoms with Crippen molar-refractivity contribution in [2.45, 2.75) is 12.0 Å². The number of likely N-dealkylation sites (N-methyl/N-ethyl adjacent to an activating group) is 1. The Kier molecular flexibility index (Phi) is 3.65. The van der Waals surface area contributed by atoms with Gasteiger partial charge in [-0.3, -0.25) is 9.59 Å². The highest BCUT2D eigenvalue weighted by Gasteiger charge is 2.38. The molecule has 0 radical (unpaired) electrons. The number of amides is 2. The second kappa shape index (κ2) is 4.59. The van der Waals surface area contributed by atoms with Crippen molar-refractivity contribution in [1.82, 2.24) is 10.2 Å². The fourth-order valence-corrected chi connectivity index (χ4v) is 1.25. The van der Waals surface area contributed by atoms with Crippen molar-refractivity contribution in [2.24, 2.45) is 5.73 Å². The van der Waals surface area contributed by atoms with Gasteiger partial charge in [-0.1, -0.05) is 0 Å². The third-order valence-electron chi connectivity index (χ3n) is 2.40. The lowest BCUT2D eigenvalue weighted by Gasteiger charge is -2.21. The van der Waals surface area contributed by atoms with E-state index in [0.29, 0.717) is 13.0 Å². The highest BCUT2D eigenvalue weighted by molar-refractivity contribution is 5.90. The predicted octanol–water partition coefficient (Wildman–Crippen LogP) is -1.69. The summed E-state index contributed by atoms with van der Waals surface area (Å²) in [6, 6.07) is 0. The van der Waals surface area contributed by atoms with Crippen molar-refractivity contribution in [2.75, 3.05) is 33.9 Å². The molecule has 0 saturated carbocycles. The Morgan fingerprint density at radius 2 is 2.20 bits per heavy atom. The van der Waals surface area contributed by atoms with Crippen LogP contribution in [0, 0.1) is 0 Å². The molecule has 1 heterocycles. The van der Waals surface area contributed by atoms with Crippen molar-refractivity contribution < 1.29 is 14.3 Å². The predicted molar refractivity (Wildman–Crippen MR) is 54.1 cm³/mol. The Hall–Kier alpha value is -1.14. The van der Waals surface area contributed by atoms with Crippen LogP contribution in [-0.4, -0.2) is 56.1 Å². The Bertz CT molecular complexity index is 259. The first-order chi connectivity index (χ1) is 6.96. The molecule has 6 nitrogen and oxygen atoms in total. The molecular formula is C9H17N3O3. The summed E-state index contributed by atoms with van der Waals surface area (Å²) in [6.45, 7) is 0.686. The first-order valence-corrected chi connectivity index (χ1v) is 4.81. The summed E-state index contributed by atoms with van der Waals surface area (Å²) < 4.78 is 5.05. The molecule has 0 aliphatic carbocycles. The topological polar surface area (TPSA) is 84.7 Å². The van der Waals surface area contributed by atoms with E-state index in [2.05, 4.69) is 5.32 Å². The van der Waals surface area contributed by atoms with Gasteiger partial charge in [0.25, 0.3) is 0 Å². The van der Waals surface area contributed by atoms with Crippen LogP contribution in [0.3, 0.4) is 0 Å². The molecule has 1 fully saturated rings. The van der Waals surface area contributed by atoms with Crippen LogP contribution in [0.25, 0.3) is 0 Å². The lowest BCUT2D eigenvalue weighted by molar-refractivity contribution is -0.132. The maximum absolute atomic E-state index is 11.6. The minimum Gasteiger partial charge on any atom is -0.379 e. The summed E-state index contributed by atoms with van der Waals surface area (Å²) >= 11 is 0. The summed E-state index contributed by atoms with van der Waals surface area (Å²) in [5.41, 5.74) is 4.84. The van der Waals surface area contributed by atoms with Crippen molar-refractivity contribution in [3.8, 4) is 0 Å². The zero-order valence-corrected chi connectivity index (χ0v) is 9.08. The number of nitrogens with two attached hydrogens (primary N) is 1. The number of hydrogen-bond acceptors (Lipinski definition) is 4. The molecule has 6 heteroatoms. The van der Waals surface area contributed by atoms with Crippen molar-refractivity contribution in [1.29, 1.82) is 0 Å². The van der Waals surface area contributed by atoms with Gasteiger partial charge in [0.05, 0.1) is 13.2 Å². The normalized spacial score (nSPS) is 25.0. The quantitative estimate of drug-likeness (QED) is 0.588. The van der Waals surface area contributed by atoms with E-state index in [1.54, 1.807) is 14.1 Å². The van der Waals surface area contributed by atoms with E-state index in [4.69, 9.17) is 10.5 Å². The van der Waals surface area contributed by atoms with Gasteiger partial charge in [-0.05, 0) is 6.42 Å². The standard InChI is InChI=1S/C9H17N3O3/c1-12(2)7(13)5-11-8(14)9(10)3-4-15-6-9/h3-6,10H2,1-2H3,(H,11,14). The molecule has 1 unspecified atom stereocenters. The Morgan fingerprint density at radius 1 is 1.53 bits per heavy atom. The third kappa shape index (κ3) is 2.90. The summed E-state index contributed by atoms with van der Waals surface area (Å²) in [5, 5.41) is 2.51. The average Bonchev–Trinajstić information content (AvgIpc) is 2.62. The molecule has 3 N–H and O–H groups in total. The van der Waals surface area contributed by atoms with Crippen LogP contribution < -0.4 is 11.1 Å². The first kappa shape index (κ1) is 11.9. The molecule has 0 spiro atoms. The molecule has 0 aromatic rings. The molecule has 1 aliphatic rings. The fourth-order valence-electron chi connectivity index (χ4n) is 1.25. The molecule has 2 amide bonds. The minimum atomic E-state index is -0.966. The van der Waals surface area contributed by atoms with E-state index in [1.807, 2.05) is 0 Å². The van der Waals surface area contributed by atoms with Crippen LogP contribution in [0.2, 0.25) is 0 Å². The number of carbonyl (C=O) groups excluding carboxylic acids is 2. The number of hydrogen-bond donors (Lipinski definition) is 2. The molecule has 0 aromatic carbocycles. The summed E-state index contributed by atoms with van der Waals surface area (Å²) in [6.07, 6.45) is 0.495. The first-order valence-electron chi connectivity index (χ1n) is 4.81. The highest BCUT2D eigenvalue weighted by atomic mass is 16.5.